The Balaban J connectivity index is 0.000000292. The molecule has 16 nitrogen and oxygen atoms in total. The van der Waals surface area contributed by atoms with E-state index in [0.717, 1.165) is 63.2 Å². The van der Waals surface area contributed by atoms with Crippen LogP contribution in [0.5, 0.6) is 23.3 Å². The van der Waals surface area contributed by atoms with Gasteiger partial charge in [0.25, 0.3) is 18.2 Å². The van der Waals surface area contributed by atoms with E-state index in [2.05, 4.69) is 68.3 Å². The molecule has 4 aromatic rings. The number of ether oxygens (including phenoxy) is 5. The molecule has 61 heavy (non-hydrogen) atoms. The van der Waals surface area contributed by atoms with E-state index in [-0.39, 0.29) is 59.9 Å². The van der Waals surface area contributed by atoms with E-state index in [1.165, 1.54) is 18.2 Å². The van der Waals surface area contributed by atoms with Crippen molar-refractivity contribution in [1.82, 2.24) is 19.8 Å². The number of benzene rings is 2. The van der Waals surface area contributed by atoms with Crippen molar-refractivity contribution in [2.75, 3.05) is 46.5 Å². The normalized spacial score (nSPS) is 19.5. The summed E-state index contributed by atoms with van der Waals surface area (Å²) in [5, 5.41) is 16.2. The van der Waals surface area contributed by atoms with Crippen molar-refractivity contribution >= 4 is 18.4 Å². The number of carboxylic acids is 1. The van der Waals surface area contributed by atoms with Gasteiger partial charge in [-0.25, -0.2) is 9.97 Å². The fourth-order valence-electron chi connectivity index (χ4n) is 7.41. The van der Waals surface area contributed by atoms with Gasteiger partial charge in [-0.1, -0.05) is 48.5 Å². The van der Waals surface area contributed by atoms with Gasteiger partial charge in [-0.3, -0.25) is 24.2 Å². The largest absolute Gasteiger partial charge is 1.00 e. The van der Waals surface area contributed by atoms with Crippen LogP contribution < -0.4 is 37.8 Å². The molecule has 0 aliphatic carbocycles. The number of rotatable bonds is 8. The van der Waals surface area contributed by atoms with Crippen molar-refractivity contribution in [1.29, 1.82) is 0 Å². The second kappa shape index (κ2) is 23.1. The van der Waals surface area contributed by atoms with Crippen molar-refractivity contribution in [3.8, 4) is 23.3 Å². The van der Waals surface area contributed by atoms with Gasteiger partial charge in [0.1, 0.15) is 13.2 Å². The van der Waals surface area contributed by atoms with Crippen molar-refractivity contribution in [2.45, 2.75) is 64.8 Å². The summed E-state index contributed by atoms with van der Waals surface area (Å²) in [4.78, 5) is 44.8. The first-order chi connectivity index (χ1) is 28.0. The van der Waals surface area contributed by atoms with Gasteiger partial charge in [0, 0.05) is 25.5 Å². The fraction of sp³-hybridized carbons (Fsp3) is 0.432. The second-order valence-corrected chi connectivity index (χ2v) is 15.5. The van der Waals surface area contributed by atoms with Crippen LogP contribution in [-0.2, 0) is 32.2 Å². The topological polar surface area (TPSA) is 232 Å². The standard InChI is InChI=1S/C22H26N2O4.C21H24N2O4.CH2O2.Li.2H2O/c1-22(21(25)26-2)9-12-24(13-10-22)14-16-5-7-17(8-6-16)19-15-27-18-4-3-11-23-20(18)28-19;1-21(20(24)25)8-11-23(12-9-21)13-15-4-6-16(7-5-15)18-14-26-17-3-2-10-22-19(17)27-18;2-1-3;;;/h3-8,11,19H,9-10,12-15H2,1-2H3;2-7,10,18H,8-9,11-14H2,1H3,(H,24,25);1H,(H,2,3);;2*1H2/q;;;+1;;/p-1/t19-;18-;;;;/m11..../s1. The zero-order chi connectivity index (χ0) is 41.1. The maximum atomic E-state index is 12.0. The summed E-state index contributed by atoms with van der Waals surface area (Å²) >= 11 is 0. The van der Waals surface area contributed by atoms with Crippen LogP contribution in [0.15, 0.2) is 85.2 Å². The van der Waals surface area contributed by atoms with Crippen LogP contribution in [0.4, 0.5) is 0 Å². The molecule has 0 spiro atoms. The first kappa shape index (κ1) is 50.1. The molecule has 0 saturated carbocycles. The maximum absolute atomic E-state index is 12.0. The average Bonchev–Trinajstić information content (AvgIpc) is 3.26. The van der Waals surface area contributed by atoms with Crippen LogP contribution in [0.25, 0.3) is 0 Å². The quantitative estimate of drug-likeness (QED) is 0.147. The Bertz CT molecular complexity index is 1990. The Kier molecular flexibility index (Phi) is 19.0. The summed E-state index contributed by atoms with van der Waals surface area (Å²) < 4.78 is 28.4. The summed E-state index contributed by atoms with van der Waals surface area (Å²) in [5.74, 6) is 1.68. The predicted molar refractivity (Wildman–Crippen MR) is 218 cm³/mol. The van der Waals surface area contributed by atoms with Crippen LogP contribution in [0, 0.1) is 10.8 Å². The van der Waals surface area contributed by atoms with Gasteiger partial charge in [-0.2, -0.15) is 0 Å². The Labute approximate surface area is 367 Å². The van der Waals surface area contributed by atoms with Crippen LogP contribution in [0.3, 0.4) is 0 Å². The van der Waals surface area contributed by atoms with Gasteiger partial charge in [0.15, 0.2) is 23.7 Å². The molecule has 0 radical (unpaired) electrons. The number of fused-ring (bicyclic) bond motifs is 2. The zero-order valence-electron chi connectivity index (χ0n) is 35.2. The third-order valence-corrected chi connectivity index (χ3v) is 11.4. The molecule has 0 amide bonds. The molecular weight excluding hydrogens is 783 g/mol. The molecule has 2 aromatic heterocycles. The molecule has 8 rings (SSSR count). The molecule has 2 saturated heterocycles. The minimum absolute atomic E-state index is 0. The molecule has 0 unspecified atom stereocenters. The SMILES string of the molecule is CC1(C(=O)O)CCN(Cc2ccc([C@H]3COc4cccnc4O3)cc2)CC1.COC(=O)C1(C)CCN(Cc2ccc([C@H]3COc4cccnc4O3)cc2)CC1.O.O=CO.[Li+].[OH-]. The molecule has 4 aliphatic heterocycles. The van der Waals surface area contributed by atoms with E-state index < -0.39 is 11.4 Å². The van der Waals surface area contributed by atoms with Crippen molar-refractivity contribution in [2.24, 2.45) is 10.8 Å². The molecule has 0 bridgehead atoms. The summed E-state index contributed by atoms with van der Waals surface area (Å²) in [6.45, 7) is 9.69. The first-order valence-corrected chi connectivity index (χ1v) is 19.5. The number of carbonyl (C=O) groups excluding carboxylic acids is 1. The summed E-state index contributed by atoms with van der Waals surface area (Å²) in [6, 6.07) is 24.2. The smallest absolute Gasteiger partial charge is 0.870 e. The fourth-order valence-corrected chi connectivity index (χ4v) is 7.41. The average molecular weight is 839 g/mol. The number of aliphatic carboxylic acids is 1. The Morgan fingerprint density at radius 3 is 1.48 bits per heavy atom. The molecule has 2 fully saturated rings. The van der Waals surface area contributed by atoms with Gasteiger partial charge in [-0.05, 0) is 112 Å². The summed E-state index contributed by atoms with van der Waals surface area (Å²) in [7, 11) is 1.47. The number of aromatic nitrogens is 2. The van der Waals surface area contributed by atoms with Crippen molar-refractivity contribution in [3.63, 3.8) is 0 Å². The van der Waals surface area contributed by atoms with Gasteiger partial charge in [0.05, 0.1) is 17.9 Å². The maximum Gasteiger partial charge on any atom is 1.00 e. The number of hydrogen-bond acceptors (Lipinski definition) is 13. The third-order valence-electron chi connectivity index (χ3n) is 11.4. The number of nitrogens with zero attached hydrogens (tertiary/aromatic N) is 4. The number of esters is 1. The number of carboxylic acid groups (broad SMARTS) is 2. The van der Waals surface area contributed by atoms with Crippen LogP contribution in [0.2, 0.25) is 0 Å². The molecule has 4 aliphatic rings. The molecule has 6 heterocycles. The van der Waals surface area contributed by atoms with Gasteiger partial charge in [0.2, 0.25) is 0 Å². The predicted octanol–water partition coefficient (Wildman–Crippen LogP) is 2.35. The van der Waals surface area contributed by atoms with Crippen LogP contribution >= 0.6 is 0 Å². The van der Waals surface area contributed by atoms with Gasteiger partial charge < -0.3 is 44.8 Å². The minimum atomic E-state index is -0.683. The number of methoxy groups -OCH3 is 1. The number of hydrogen-bond donors (Lipinski definition) is 2. The van der Waals surface area contributed by atoms with E-state index in [4.69, 9.17) is 33.6 Å². The van der Waals surface area contributed by atoms with E-state index in [1.54, 1.807) is 12.4 Å². The Morgan fingerprint density at radius 1 is 0.738 bits per heavy atom. The molecule has 2 aromatic carbocycles. The van der Waals surface area contributed by atoms with Gasteiger partial charge >= 0.3 is 30.8 Å². The number of carbonyl (C=O) groups is 3. The second-order valence-electron chi connectivity index (χ2n) is 15.5. The molecule has 324 valence electrons. The molecule has 2 atom stereocenters. The molecular formula is C44H55LiN4O12. The Morgan fingerprint density at radius 2 is 1.11 bits per heavy atom. The zero-order valence-corrected chi connectivity index (χ0v) is 35.2. The first-order valence-electron chi connectivity index (χ1n) is 19.5. The van der Waals surface area contributed by atoms with Crippen LogP contribution in [-0.4, -0.2) is 106 Å². The number of likely N-dealkylation sites (tertiary alicyclic amines) is 2. The van der Waals surface area contributed by atoms with E-state index in [0.29, 0.717) is 49.3 Å². The van der Waals surface area contributed by atoms with E-state index in [9.17, 15) is 14.7 Å². The van der Waals surface area contributed by atoms with Crippen molar-refractivity contribution in [3.05, 3.63) is 107 Å². The van der Waals surface area contributed by atoms with Crippen molar-refractivity contribution < 1.29 is 78.1 Å². The van der Waals surface area contributed by atoms with Gasteiger partial charge in [-0.15, -0.1) is 0 Å². The third kappa shape index (κ3) is 12.9. The van der Waals surface area contributed by atoms with E-state index in [1.807, 2.05) is 38.1 Å². The summed E-state index contributed by atoms with van der Waals surface area (Å²) in [5.41, 5.74) is 3.68. The van der Waals surface area contributed by atoms with Crippen LogP contribution in [0.1, 0.15) is 74.0 Å². The molecule has 17 heteroatoms. The summed E-state index contributed by atoms with van der Waals surface area (Å²) in [6.07, 6.45) is 6.15. The number of pyridine rings is 2. The minimum Gasteiger partial charge on any atom is -0.870 e. The molecule has 5 N–H and O–H groups in total. The number of piperidine rings is 2. The monoisotopic (exact) mass is 838 g/mol. The van der Waals surface area contributed by atoms with E-state index >= 15 is 0 Å². The Hall–Kier alpha value is -5.21.